The molecule has 0 fully saturated rings. The predicted molar refractivity (Wildman–Crippen MR) is 120 cm³/mol. The molecular formula is C25H23N3O2. The first-order valence-corrected chi connectivity index (χ1v) is 10.2. The number of aryl methyl sites for hydroxylation is 3. The summed E-state index contributed by atoms with van der Waals surface area (Å²) in [5.41, 5.74) is 8.22. The van der Waals surface area contributed by atoms with E-state index in [0.717, 1.165) is 39.2 Å². The summed E-state index contributed by atoms with van der Waals surface area (Å²) in [6.07, 6.45) is 0. The van der Waals surface area contributed by atoms with Gasteiger partial charge in [0.1, 0.15) is 11.3 Å². The molecule has 30 heavy (non-hydrogen) atoms. The van der Waals surface area contributed by atoms with Crippen molar-refractivity contribution in [1.29, 1.82) is 0 Å². The van der Waals surface area contributed by atoms with Crippen LogP contribution in [-0.2, 0) is 0 Å². The molecule has 0 saturated carbocycles. The van der Waals surface area contributed by atoms with E-state index in [-0.39, 0.29) is 0 Å². The Hall–Kier alpha value is -3.60. The minimum Gasteiger partial charge on any atom is -0.465 e. The van der Waals surface area contributed by atoms with Gasteiger partial charge in [0.25, 0.3) is 6.01 Å². The molecule has 5 rings (SSSR count). The van der Waals surface area contributed by atoms with Crippen molar-refractivity contribution in [2.75, 3.05) is 6.61 Å². The van der Waals surface area contributed by atoms with E-state index in [1.165, 1.54) is 21.9 Å². The lowest BCUT2D eigenvalue weighted by Gasteiger charge is -2.13. The first kappa shape index (κ1) is 18.4. The molecule has 0 amide bonds. The number of aromatic nitrogens is 3. The quantitative estimate of drug-likeness (QED) is 0.383. The van der Waals surface area contributed by atoms with Crippen LogP contribution in [0.15, 0.2) is 53.1 Å². The molecule has 0 aliphatic carbocycles. The SMILES string of the molecule is CCOc1nc2c(-c3c(C)ccc4ccccc34)cc(-c3c(C)noc3C)cc2[nH]1. The zero-order valence-electron chi connectivity index (χ0n) is 17.5. The fourth-order valence-electron chi connectivity index (χ4n) is 4.27. The van der Waals surface area contributed by atoms with Gasteiger partial charge < -0.3 is 14.2 Å². The number of hydrogen-bond acceptors (Lipinski definition) is 4. The molecule has 0 saturated heterocycles. The minimum atomic E-state index is 0.530. The Morgan fingerprint density at radius 2 is 1.83 bits per heavy atom. The van der Waals surface area contributed by atoms with Gasteiger partial charge in [-0.1, -0.05) is 41.6 Å². The number of nitrogens with one attached hydrogen (secondary N) is 1. The second kappa shape index (κ2) is 7.02. The van der Waals surface area contributed by atoms with E-state index >= 15 is 0 Å². The third-order valence-corrected chi connectivity index (χ3v) is 5.57. The van der Waals surface area contributed by atoms with Crippen molar-refractivity contribution in [1.82, 2.24) is 15.1 Å². The Balaban J connectivity index is 1.89. The lowest BCUT2D eigenvalue weighted by molar-refractivity contribution is 0.317. The summed E-state index contributed by atoms with van der Waals surface area (Å²) in [6, 6.07) is 17.6. The van der Waals surface area contributed by atoms with Crippen LogP contribution >= 0.6 is 0 Å². The molecule has 1 N–H and O–H groups in total. The van der Waals surface area contributed by atoms with E-state index in [4.69, 9.17) is 14.2 Å². The average Bonchev–Trinajstić information content (AvgIpc) is 3.29. The Morgan fingerprint density at radius 3 is 2.60 bits per heavy atom. The summed E-state index contributed by atoms with van der Waals surface area (Å²) >= 11 is 0. The predicted octanol–water partition coefficient (Wildman–Crippen LogP) is 6.36. The van der Waals surface area contributed by atoms with Crippen molar-refractivity contribution in [2.45, 2.75) is 27.7 Å². The maximum absolute atomic E-state index is 5.68. The van der Waals surface area contributed by atoms with Gasteiger partial charge in [-0.3, -0.25) is 0 Å². The van der Waals surface area contributed by atoms with Crippen LogP contribution in [-0.4, -0.2) is 21.7 Å². The Morgan fingerprint density at radius 1 is 1.00 bits per heavy atom. The Kier molecular flexibility index (Phi) is 4.31. The smallest absolute Gasteiger partial charge is 0.294 e. The lowest BCUT2D eigenvalue weighted by Crippen LogP contribution is -1.92. The van der Waals surface area contributed by atoms with Gasteiger partial charge in [-0.05, 0) is 67.3 Å². The van der Waals surface area contributed by atoms with Crippen LogP contribution in [0, 0.1) is 20.8 Å². The first-order chi connectivity index (χ1) is 14.6. The standard InChI is InChI=1S/C25H23N3O2/c1-5-29-25-26-21-13-18(23-15(3)28-30-16(23)4)12-20(24(21)27-25)22-14(2)10-11-17-8-6-7-9-19(17)22/h6-13H,5H2,1-4H3,(H,26,27). The van der Waals surface area contributed by atoms with Crippen LogP contribution in [0.1, 0.15) is 23.9 Å². The molecule has 0 unspecified atom stereocenters. The third-order valence-electron chi connectivity index (χ3n) is 5.57. The average molecular weight is 397 g/mol. The molecule has 2 heterocycles. The molecule has 2 aromatic heterocycles. The van der Waals surface area contributed by atoms with Gasteiger partial charge in [0, 0.05) is 11.1 Å². The summed E-state index contributed by atoms with van der Waals surface area (Å²) in [5, 5.41) is 6.56. The number of nitrogens with zero attached hydrogens (tertiary/aromatic N) is 2. The lowest BCUT2D eigenvalue weighted by atomic mass is 9.90. The van der Waals surface area contributed by atoms with Crippen molar-refractivity contribution in [3.05, 3.63) is 65.5 Å². The van der Waals surface area contributed by atoms with Crippen molar-refractivity contribution in [3.63, 3.8) is 0 Å². The molecule has 5 aromatic rings. The van der Waals surface area contributed by atoms with Crippen molar-refractivity contribution in [3.8, 4) is 28.3 Å². The number of fused-ring (bicyclic) bond motifs is 2. The van der Waals surface area contributed by atoms with Crippen LogP contribution in [0.3, 0.4) is 0 Å². The third kappa shape index (κ3) is 2.86. The van der Waals surface area contributed by atoms with Gasteiger partial charge in [0.15, 0.2) is 0 Å². The molecule has 0 aliphatic heterocycles. The second-order valence-corrected chi connectivity index (χ2v) is 7.57. The van der Waals surface area contributed by atoms with Crippen molar-refractivity contribution < 1.29 is 9.26 Å². The minimum absolute atomic E-state index is 0.530. The van der Waals surface area contributed by atoms with Gasteiger partial charge >= 0.3 is 0 Å². The summed E-state index contributed by atoms with van der Waals surface area (Å²) in [4.78, 5) is 8.11. The molecule has 0 atom stereocenters. The summed E-state index contributed by atoms with van der Waals surface area (Å²) < 4.78 is 11.1. The highest BCUT2D eigenvalue weighted by molar-refractivity contribution is 6.06. The fourth-order valence-corrected chi connectivity index (χ4v) is 4.27. The molecular weight excluding hydrogens is 374 g/mol. The second-order valence-electron chi connectivity index (χ2n) is 7.57. The zero-order chi connectivity index (χ0) is 20.8. The largest absolute Gasteiger partial charge is 0.465 e. The topological polar surface area (TPSA) is 63.9 Å². The van der Waals surface area contributed by atoms with E-state index in [0.29, 0.717) is 12.6 Å². The van der Waals surface area contributed by atoms with Crippen LogP contribution in [0.4, 0.5) is 0 Å². The van der Waals surface area contributed by atoms with Gasteiger partial charge in [-0.15, -0.1) is 0 Å². The fraction of sp³-hybridized carbons (Fsp3) is 0.200. The molecule has 0 radical (unpaired) electrons. The number of aromatic amines is 1. The zero-order valence-corrected chi connectivity index (χ0v) is 17.5. The van der Waals surface area contributed by atoms with Crippen molar-refractivity contribution in [2.24, 2.45) is 0 Å². The summed E-state index contributed by atoms with van der Waals surface area (Å²) in [5.74, 6) is 0.803. The van der Waals surface area contributed by atoms with E-state index < -0.39 is 0 Å². The molecule has 3 aromatic carbocycles. The number of benzene rings is 3. The molecule has 0 aliphatic rings. The van der Waals surface area contributed by atoms with E-state index in [1.807, 2.05) is 20.8 Å². The Labute approximate surface area is 174 Å². The monoisotopic (exact) mass is 397 g/mol. The number of ether oxygens (including phenoxy) is 1. The van der Waals surface area contributed by atoms with E-state index in [9.17, 15) is 0 Å². The normalized spacial score (nSPS) is 11.5. The highest BCUT2D eigenvalue weighted by Gasteiger charge is 2.19. The van der Waals surface area contributed by atoms with Gasteiger partial charge in [-0.2, -0.15) is 4.98 Å². The van der Waals surface area contributed by atoms with Gasteiger partial charge in [-0.25, -0.2) is 0 Å². The van der Waals surface area contributed by atoms with Crippen LogP contribution < -0.4 is 4.74 Å². The van der Waals surface area contributed by atoms with Crippen molar-refractivity contribution >= 4 is 21.8 Å². The maximum Gasteiger partial charge on any atom is 0.294 e. The van der Waals surface area contributed by atoms with Gasteiger partial charge in [0.2, 0.25) is 0 Å². The highest BCUT2D eigenvalue weighted by Crippen LogP contribution is 2.40. The maximum atomic E-state index is 5.68. The van der Waals surface area contributed by atoms with Crippen LogP contribution in [0.5, 0.6) is 6.01 Å². The summed E-state index contributed by atoms with van der Waals surface area (Å²) in [6.45, 7) is 8.57. The Bertz CT molecular complexity index is 1380. The molecule has 5 heteroatoms. The number of imidazole rings is 1. The first-order valence-electron chi connectivity index (χ1n) is 10.2. The van der Waals surface area contributed by atoms with Gasteiger partial charge in [0.05, 0.1) is 17.8 Å². The van der Waals surface area contributed by atoms with E-state index in [1.54, 1.807) is 0 Å². The summed E-state index contributed by atoms with van der Waals surface area (Å²) in [7, 11) is 0. The molecule has 0 bridgehead atoms. The van der Waals surface area contributed by atoms with Crippen LogP contribution in [0.25, 0.3) is 44.1 Å². The number of rotatable bonds is 4. The number of H-pyrrole nitrogens is 1. The molecule has 5 nitrogen and oxygen atoms in total. The van der Waals surface area contributed by atoms with E-state index in [2.05, 4.69) is 65.6 Å². The highest BCUT2D eigenvalue weighted by atomic mass is 16.5. The van der Waals surface area contributed by atoms with Crippen LogP contribution in [0.2, 0.25) is 0 Å². The molecule has 150 valence electrons. The number of hydrogen-bond donors (Lipinski definition) is 1. The molecule has 0 spiro atoms.